The summed E-state index contributed by atoms with van der Waals surface area (Å²) >= 11 is 1.65. The van der Waals surface area contributed by atoms with E-state index in [1.807, 2.05) is 32.8 Å². The van der Waals surface area contributed by atoms with E-state index in [2.05, 4.69) is 22.6 Å². The molecule has 0 radical (unpaired) electrons. The Kier molecular flexibility index (Phi) is 5.06. The number of nitrogens with one attached hydrogen (secondary N) is 1. The van der Waals surface area contributed by atoms with E-state index in [4.69, 9.17) is 0 Å². The highest BCUT2D eigenvalue weighted by atomic mass is 32.1. The van der Waals surface area contributed by atoms with Crippen molar-refractivity contribution in [3.05, 3.63) is 16.1 Å². The third-order valence-corrected chi connectivity index (χ3v) is 3.32. The van der Waals surface area contributed by atoms with Crippen LogP contribution in [0.5, 0.6) is 0 Å². The molecule has 1 aromatic rings. The summed E-state index contributed by atoms with van der Waals surface area (Å²) in [6, 6.07) is 0.175. The van der Waals surface area contributed by atoms with Crippen LogP contribution in [0.2, 0.25) is 0 Å². The Morgan fingerprint density at radius 1 is 1.59 bits per heavy atom. The highest BCUT2D eigenvalue weighted by molar-refractivity contribution is 7.09. The highest BCUT2D eigenvalue weighted by Crippen LogP contribution is 2.16. The van der Waals surface area contributed by atoms with E-state index in [9.17, 15) is 5.11 Å². The molecular formula is C12H23N3OS. The Labute approximate surface area is 108 Å². The van der Waals surface area contributed by atoms with E-state index in [1.54, 1.807) is 11.3 Å². The average Bonchev–Trinajstić information content (AvgIpc) is 2.59. The van der Waals surface area contributed by atoms with E-state index in [1.165, 1.54) is 0 Å². The zero-order valence-electron chi connectivity index (χ0n) is 11.3. The van der Waals surface area contributed by atoms with Crippen LogP contribution in [-0.4, -0.2) is 47.8 Å². The Morgan fingerprint density at radius 3 is 2.71 bits per heavy atom. The standard InChI is InChI=1S/C12H23N3OS/c1-9(11-6-17-10(2)14-11)13-7-12(3,16)8-15(4)5/h6,9,13,16H,7-8H2,1-5H3. The molecule has 0 fully saturated rings. The van der Waals surface area contributed by atoms with Gasteiger partial charge in [0.15, 0.2) is 0 Å². The van der Waals surface area contributed by atoms with Gasteiger partial charge in [-0.1, -0.05) is 0 Å². The van der Waals surface area contributed by atoms with Crippen molar-refractivity contribution in [3.8, 4) is 0 Å². The molecule has 0 aromatic carbocycles. The molecule has 4 nitrogen and oxygen atoms in total. The van der Waals surface area contributed by atoms with Gasteiger partial charge in [-0.3, -0.25) is 0 Å². The van der Waals surface area contributed by atoms with Crippen molar-refractivity contribution >= 4 is 11.3 Å². The summed E-state index contributed by atoms with van der Waals surface area (Å²) in [6.07, 6.45) is 0. The second-order valence-corrected chi connectivity index (χ2v) is 6.19. The van der Waals surface area contributed by atoms with Crippen molar-refractivity contribution in [3.63, 3.8) is 0 Å². The van der Waals surface area contributed by atoms with Crippen LogP contribution < -0.4 is 5.32 Å². The molecule has 0 saturated heterocycles. The Morgan fingerprint density at radius 2 is 2.24 bits per heavy atom. The van der Waals surface area contributed by atoms with Gasteiger partial charge >= 0.3 is 0 Å². The molecule has 1 heterocycles. The summed E-state index contributed by atoms with van der Waals surface area (Å²) in [6.45, 7) is 7.12. The summed E-state index contributed by atoms with van der Waals surface area (Å²) < 4.78 is 0. The third kappa shape index (κ3) is 5.12. The number of nitrogens with zero attached hydrogens (tertiary/aromatic N) is 2. The fourth-order valence-corrected chi connectivity index (χ4v) is 2.50. The van der Waals surface area contributed by atoms with Gasteiger partial charge in [0.1, 0.15) is 0 Å². The van der Waals surface area contributed by atoms with Crippen molar-refractivity contribution < 1.29 is 5.11 Å². The second kappa shape index (κ2) is 5.91. The molecule has 17 heavy (non-hydrogen) atoms. The van der Waals surface area contributed by atoms with Gasteiger partial charge in [0.05, 0.1) is 16.3 Å². The summed E-state index contributed by atoms with van der Waals surface area (Å²) in [5.41, 5.74) is 0.330. The topological polar surface area (TPSA) is 48.4 Å². The van der Waals surface area contributed by atoms with Crippen molar-refractivity contribution in [2.75, 3.05) is 27.2 Å². The van der Waals surface area contributed by atoms with E-state index in [-0.39, 0.29) is 6.04 Å². The molecule has 2 atom stereocenters. The number of hydrogen-bond donors (Lipinski definition) is 2. The number of thiazole rings is 1. The van der Waals surface area contributed by atoms with Crippen LogP contribution in [0, 0.1) is 6.92 Å². The van der Waals surface area contributed by atoms with Crippen LogP contribution >= 0.6 is 11.3 Å². The number of rotatable bonds is 6. The predicted molar refractivity (Wildman–Crippen MR) is 72.4 cm³/mol. The lowest BCUT2D eigenvalue weighted by molar-refractivity contribution is 0.0316. The number of aryl methyl sites for hydroxylation is 1. The molecule has 0 spiro atoms. The first-order chi connectivity index (χ1) is 7.80. The quantitative estimate of drug-likeness (QED) is 0.809. The molecule has 0 aliphatic rings. The molecule has 1 rings (SSSR count). The van der Waals surface area contributed by atoms with E-state index < -0.39 is 5.60 Å². The lowest BCUT2D eigenvalue weighted by Crippen LogP contribution is -2.46. The third-order valence-electron chi connectivity index (χ3n) is 2.53. The van der Waals surface area contributed by atoms with Gasteiger partial charge in [0, 0.05) is 24.5 Å². The summed E-state index contributed by atoms with van der Waals surface area (Å²) in [7, 11) is 3.92. The minimum absolute atomic E-state index is 0.175. The number of likely N-dealkylation sites (N-methyl/N-ethyl adjacent to an activating group) is 1. The monoisotopic (exact) mass is 257 g/mol. The van der Waals surface area contributed by atoms with E-state index in [0.29, 0.717) is 13.1 Å². The molecule has 1 aromatic heterocycles. The molecule has 0 amide bonds. The molecule has 5 heteroatoms. The van der Waals surface area contributed by atoms with Crippen molar-refractivity contribution in [2.45, 2.75) is 32.4 Å². The Hall–Kier alpha value is -0.490. The molecule has 98 valence electrons. The van der Waals surface area contributed by atoms with Crippen LogP contribution in [-0.2, 0) is 0 Å². The minimum atomic E-state index is -0.719. The van der Waals surface area contributed by atoms with Crippen LogP contribution in [0.25, 0.3) is 0 Å². The number of aromatic nitrogens is 1. The zero-order chi connectivity index (χ0) is 13.1. The van der Waals surface area contributed by atoms with E-state index >= 15 is 0 Å². The fraction of sp³-hybridized carbons (Fsp3) is 0.750. The normalized spacial score (nSPS) is 17.1. The molecular weight excluding hydrogens is 234 g/mol. The molecule has 0 aliphatic carbocycles. The van der Waals surface area contributed by atoms with Gasteiger partial charge in [-0.25, -0.2) is 4.98 Å². The maximum Gasteiger partial charge on any atom is 0.0898 e. The number of hydrogen-bond acceptors (Lipinski definition) is 5. The van der Waals surface area contributed by atoms with Gasteiger partial charge in [-0.2, -0.15) is 0 Å². The molecule has 0 saturated carbocycles. The predicted octanol–water partition coefficient (Wildman–Crippen LogP) is 1.41. The molecule has 0 aliphatic heterocycles. The van der Waals surface area contributed by atoms with Crippen molar-refractivity contribution in [1.82, 2.24) is 15.2 Å². The van der Waals surface area contributed by atoms with Crippen LogP contribution in [0.3, 0.4) is 0 Å². The van der Waals surface area contributed by atoms with E-state index in [0.717, 1.165) is 10.7 Å². The molecule has 2 N–H and O–H groups in total. The van der Waals surface area contributed by atoms with Gasteiger partial charge in [0.2, 0.25) is 0 Å². The Bertz CT molecular complexity index is 349. The van der Waals surface area contributed by atoms with Crippen LogP contribution in [0.1, 0.15) is 30.6 Å². The second-order valence-electron chi connectivity index (χ2n) is 5.13. The Balaban J connectivity index is 2.45. The summed E-state index contributed by atoms with van der Waals surface area (Å²) in [5.74, 6) is 0. The first kappa shape index (κ1) is 14.6. The van der Waals surface area contributed by atoms with Gasteiger partial charge in [-0.15, -0.1) is 11.3 Å². The first-order valence-corrected chi connectivity index (χ1v) is 6.70. The smallest absolute Gasteiger partial charge is 0.0898 e. The number of aliphatic hydroxyl groups is 1. The molecule has 2 unspecified atom stereocenters. The summed E-state index contributed by atoms with van der Waals surface area (Å²) in [4.78, 5) is 6.42. The fourth-order valence-electron chi connectivity index (χ4n) is 1.79. The van der Waals surface area contributed by atoms with Gasteiger partial charge in [-0.05, 0) is 34.9 Å². The van der Waals surface area contributed by atoms with Crippen LogP contribution in [0.4, 0.5) is 0 Å². The maximum absolute atomic E-state index is 10.2. The van der Waals surface area contributed by atoms with Crippen molar-refractivity contribution in [2.24, 2.45) is 0 Å². The minimum Gasteiger partial charge on any atom is -0.388 e. The maximum atomic E-state index is 10.2. The van der Waals surface area contributed by atoms with Gasteiger partial charge < -0.3 is 15.3 Å². The first-order valence-electron chi connectivity index (χ1n) is 5.83. The highest BCUT2D eigenvalue weighted by Gasteiger charge is 2.22. The average molecular weight is 257 g/mol. The SMILES string of the molecule is Cc1nc(C(C)NCC(C)(O)CN(C)C)cs1. The van der Waals surface area contributed by atoms with Crippen LogP contribution in [0.15, 0.2) is 5.38 Å². The largest absolute Gasteiger partial charge is 0.388 e. The lowest BCUT2D eigenvalue weighted by atomic mass is 10.1. The van der Waals surface area contributed by atoms with Gasteiger partial charge in [0.25, 0.3) is 0 Å². The van der Waals surface area contributed by atoms with Crippen molar-refractivity contribution in [1.29, 1.82) is 0 Å². The zero-order valence-corrected chi connectivity index (χ0v) is 12.1. The summed E-state index contributed by atoms with van der Waals surface area (Å²) in [5, 5.41) is 16.6. The molecule has 0 bridgehead atoms. The lowest BCUT2D eigenvalue weighted by Gasteiger charge is -2.28.